The average Bonchev–Trinajstić information content (AvgIpc) is 3.18. The van der Waals surface area contributed by atoms with E-state index >= 15 is 0 Å². The van der Waals surface area contributed by atoms with Crippen LogP contribution in [0.3, 0.4) is 0 Å². The van der Waals surface area contributed by atoms with E-state index in [2.05, 4.69) is 0 Å². The zero-order valence-corrected chi connectivity index (χ0v) is 12.3. The Bertz CT molecular complexity index is 629. The van der Waals surface area contributed by atoms with E-state index in [0.29, 0.717) is 18.9 Å². The number of alkyl halides is 3. The summed E-state index contributed by atoms with van der Waals surface area (Å²) < 4.78 is 64.2. The van der Waals surface area contributed by atoms with Gasteiger partial charge in [-0.2, -0.15) is 17.5 Å². The molecule has 0 saturated heterocycles. The first kappa shape index (κ1) is 16.5. The highest BCUT2D eigenvalue weighted by molar-refractivity contribution is 7.89. The van der Waals surface area contributed by atoms with Gasteiger partial charge >= 0.3 is 6.18 Å². The van der Waals surface area contributed by atoms with E-state index in [0.717, 1.165) is 16.4 Å². The highest BCUT2D eigenvalue weighted by Crippen LogP contribution is 2.38. The van der Waals surface area contributed by atoms with Crippen molar-refractivity contribution in [2.45, 2.75) is 30.0 Å². The van der Waals surface area contributed by atoms with Crippen molar-refractivity contribution in [1.82, 2.24) is 4.31 Å². The minimum absolute atomic E-state index is 0.142. The Balaban J connectivity index is 2.45. The second kappa shape index (κ2) is 5.75. The summed E-state index contributed by atoms with van der Waals surface area (Å²) in [5, 5.41) is 8.39. The van der Waals surface area contributed by atoms with Gasteiger partial charge in [-0.05, 0) is 31.0 Å². The van der Waals surface area contributed by atoms with Crippen LogP contribution in [-0.2, 0) is 16.2 Å². The lowest BCUT2D eigenvalue weighted by molar-refractivity contribution is -0.137. The second-order valence-electron chi connectivity index (χ2n) is 4.71. The lowest BCUT2D eigenvalue weighted by Crippen LogP contribution is -2.35. The summed E-state index contributed by atoms with van der Waals surface area (Å²) in [6, 6.07) is 2.23. The van der Waals surface area contributed by atoms with Gasteiger partial charge in [0.2, 0.25) is 10.0 Å². The molecule has 0 atom stereocenters. The zero-order valence-electron chi connectivity index (χ0n) is 10.8. The molecule has 0 aromatic heterocycles. The Morgan fingerprint density at radius 2 is 1.95 bits per heavy atom. The van der Waals surface area contributed by atoms with Crippen molar-refractivity contribution in [2.75, 3.05) is 13.2 Å². The Hall–Kier alpha value is -0.830. The average molecular weight is 344 g/mol. The maximum Gasteiger partial charge on any atom is 0.417 e. The highest BCUT2D eigenvalue weighted by Gasteiger charge is 2.39. The molecule has 0 unspecified atom stereocenters. The molecule has 0 spiro atoms. The van der Waals surface area contributed by atoms with Gasteiger partial charge in [0.05, 0.1) is 22.1 Å². The molecule has 0 radical (unpaired) electrons. The third-order valence-corrected chi connectivity index (χ3v) is 5.40. The van der Waals surface area contributed by atoms with Crippen LogP contribution in [0.25, 0.3) is 0 Å². The summed E-state index contributed by atoms with van der Waals surface area (Å²) >= 11 is 5.48. The molecule has 0 amide bonds. The molecule has 4 nitrogen and oxygen atoms in total. The lowest BCUT2D eigenvalue weighted by atomic mass is 10.2. The predicted molar refractivity (Wildman–Crippen MR) is 70.5 cm³/mol. The van der Waals surface area contributed by atoms with E-state index in [1.165, 1.54) is 0 Å². The van der Waals surface area contributed by atoms with Gasteiger partial charge < -0.3 is 5.11 Å². The second-order valence-corrected chi connectivity index (χ2v) is 7.01. The van der Waals surface area contributed by atoms with Crippen LogP contribution in [0, 0.1) is 0 Å². The van der Waals surface area contributed by atoms with Crippen LogP contribution in [-0.4, -0.2) is 37.0 Å². The Morgan fingerprint density at radius 1 is 1.33 bits per heavy atom. The summed E-state index contributed by atoms with van der Waals surface area (Å²) in [5.74, 6) is 0. The van der Waals surface area contributed by atoms with Crippen molar-refractivity contribution in [3.05, 3.63) is 28.8 Å². The molecule has 0 bridgehead atoms. The molecule has 1 aromatic carbocycles. The molecule has 118 valence electrons. The maximum absolute atomic E-state index is 12.8. The number of sulfonamides is 1. The summed E-state index contributed by atoms with van der Waals surface area (Å²) in [7, 11) is -4.08. The summed E-state index contributed by atoms with van der Waals surface area (Å²) in [5.41, 5.74) is -1.19. The van der Waals surface area contributed by atoms with E-state index in [1.807, 2.05) is 0 Å². The van der Waals surface area contributed by atoms with Gasteiger partial charge in [0.25, 0.3) is 0 Å². The van der Waals surface area contributed by atoms with Crippen LogP contribution in [0.5, 0.6) is 0 Å². The number of hydrogen-bond donors (Lipinski definition) is 1. The van der Waals surface area contributed by atoms with Crippen molar-refractivity contribution < 1.29 is 26.7 Å². The fourth-order valence-electron chi connectivity index (χ4n) is 1.98. The minimum atomic E-state index is -4.73. The molecule has 1 fully saturated rings. The van der Waals surface area contributed by atoms with Gasteiger partial charge in [0.15, 0.2) is 0 Å². The molecule has 2 rings (SSSR count). The van der Waals surface area contributed by atoms with Gasteiger partial charge in [-0.25, -0.2) is 8.42 Å². The molecule has 1 saturated carbocycles. The maximum atomic E-state index is 12.8. The third-order valence-electron chi connectivity index (χ3n) is 3.12. The molecular formula is C12H13ClF3NO3S. The van der Waals surface area contributed by atoms with Crippen LogP contribution >= 0.6 is 11.6 Å². The molecule has 0 heterocycles. The van der Waals surface area contributed by atoms with E-state index in [1.54, 1.807) is 0 Å². The van der Waals surface area contributed by atoms with Gasteiger partial charge in [0.1, 0.15) is 0 Å². The van der Waals surface area contributed by atoms with Crippen LogP contribution in [0.15, 0.2) is 23.1 Å². The standard InChI is InChI=1S/C12H13ClF3NO3S/c13-11-4-3-9(7-10(11)12(14,15)16)21(19,20)17(5-6-18)8-1-2-8/h3-4,7-8,18H,1-2,5-6H2. The molecule has 21 heavy (non-hydrogen) atoms. The largest absolute Gasteiger partial charge is 0.417 e. The van der Waals surface area contributed by atoms with Gasteiger partial charge in [-0.3, -0.25) is 0 Å². The number of nitrogens with zero attached hydrogens (tertiary/aromatic N) is 1. The molecule has 1 aliphatic carbocycles. The van der Waals surface area contributed by atoms with Crippen molar-refractivity contribution in [1.29, 1.82) is 0 Å². The molecule has 1 aromatic rings. The van der Waals surface area contributed by atoms with E-state index < -0.39 is 38.3 Å². The van der Waals surface area contributed by atoms with Gasteiger partial charge in [0, 0.05) is 12.6 Å². The monoisotopic (exact) mass is 343 g/mol. The van der Waals surface area contributed by atoms with Crippen LogP contribution in [0.2, 0.25) is 5.02 Å². The number of aliphatic hydroxyl groups excluding tert-OH is 1. The highest BCUT2D eigenvalue weighted by atomic mass is 35.5. The van der Waals surface area contributed by atoms with Crippen LogP contribution in [0.1, 0.15) is 18.4 Å². The number of aliphatic hydroxyl groups is 1. The molecule has 1 N–H and O–H groups in total. The SMILES string of the molecule is O=S(=O)(c1ccc(Cl)c(C(F)(F)F)c1)N(CCO)C1CC1. The molecule has 1 aliphatic rings. The van der Waals surface area contributed by atoms with E-state index in [9.17, 15) is 21.6 Å². The molecular weight excluding hydrogens is 331 g/mol. The fourth-order valence-corrected chi connectivity index (χ4v) is 3.91. The first-order chi connectivity index (χ1) is 9.67. The third kappa shape index (κ3) is 3.50. The predicted octanol–water partition coefficient (Wildman–Crippen LogP) is 2.50. The zero-order chi connectivity index (χ0) is 15.8. The van der Waals surface area contributed by atoms with Crippen LogP contribution < -0.4 is 0 Å². The van der Waals surface area contributed by atoms with Gasteiger partial charge in [-0.15, -0.1) is 0 Å². The number of benzene rings is 1. The quantitative estimate of drug-likeness (QED) is 0.893. The Kier molecular flexibility index (Phi) is 4.53. The van der Waals surface area contributed by atoms with Gasteiger partial charge in [-0.1, -0.05) is 11.6 Å². The summed E-state index contributed by atoms with van der Waals surface area (Å²) in [6.07, 6.45) is -3.46. The number of hydrogen-bond acceptors (Lipinski definition) is 3. The normalized spacial score (nSPS) is 16.5. The van der Waals surface area contributed by atoms with E-state index in [4.69, 9.17) is 16.7 Å². The lowest BCUT2D eigenvalue weighted by Gasteiger charge is -2.21. The number of rotatable bonds is 5. The van der Waals surface area contributed by atoms with Crippen molar-refractivity contribution in [2.24, 2.45) is 0 Å². The van der Waals surface area contributed by atoms with Crippen LogP contribution in [0.4, 0.5) is 13.2 Å². The first-order valence-corrected chi connectivity index (χ1v) is 7.99. The minimum Gasteiger partial charge on any atom is -0.395 e. The van der Waals surface area contributed by atoms with Crippen molar-refractivity contribution in [3.8, 4) is 0 Å². The summed E-state index contributed by atoms with van der Waals surface area (Å²) in [6.45, 7) is -0.535. The topological polar surface area (TPSA) is 57.6 Å². The fraction of sp³-hybridized carbons (Fsp3) is 0.500. The Labute approximate surface area is 125 Å². The molecule has 0 aliphatic heterocycles. The Morgan fingerprint density at radius 3 is 2.43 bits per heavy atom. The van der Waals surface area contributed by atoms with E-state index in [-0.39, 0.29) is 12.6 Å². The summed E-state index contributed by atoms with van der Waals surface area (Å²) in [4.78, 5) is -0.473. The first-order valence-electron chi connectivity index (χ1n) is 6.17. The number of halogens is 4. The smallest absolute Gasteiger partial charge is 0.395 e. The molecule has 9 heteroatoms. The van der Waals surface area contributed by atoms with Crippen molar-refractivity contribution in [3.63, 3.8) is 0 Å². The van der Waals surface area contributed by atoms with Crippen molar-refractivity contribution >= 4 is 21.6 Å².